The first-order chi connectivity index (χ1) is 12.1. The van der Waals surface area contributed by atoms with Gasteiger partial charge in [0, 0.05) is 31.7 Å². The maximum atomic E-state index is 13.6. The monoisotopic (exact) mass is 344 g/mol. The second kappa shape index (κ2) is 8.09. The van der Waals surface area contributed by atoms with Crippen LogP contribution in [0.4, 0.5) is 4.39 Å². The summed E-state index contributed by atoms with van der Waals surface area (Å²) in [6, 6.07) is 12.8. The third-order valence-corrected chi connectivity index (χ3v) is 4.30. The smallest absolute Gasteiger partial charge is 0.325 e. The number of carbonyl (C=O) groups is 1. The van der Waals surface area contributed by atoms with Crippen LogP contribution >= 0.6 is 0 Å². The molecule has 1 unspecified atom stereocenters. The van der Waals surface area contributed by atoms with E-state index in [2.05, 4.69) is 5.32 Å². The maximum Gasteiger partial charge on any atom is 0.325 e. The fourth-order valence-corrected chi connectivity index (χ4v) is 2.97. The first kappa shape index (κ1) is 17.4. The predicted molar refractivity (Wildman–Crippen MR) is 92.0 cm³/mol. The van der Waals surface area contributed by atoms with E-state index < -0.39 is 12.0 Å². The van der Waals surface area contributed by atoms with E-state index in [0.29, 0.717) is 30.0 Å². The van der Waals surface area contributed by atoms with Crippen LogP contribution in [0.1, 0.15) is 17.2 Å². The number of nitrogens with zero attached hydrogens (tertiary/aromatic N) is 1. The van der Waals surface area contributed by atoms with E-state index in [1.54, 1.807) is 42.5 Å². The van der Waals surface area contributed by atoms with Crippen molar-refractivity contribution in [3.63, 3.8) is 0 Å². The van der Waals surface area contributed by atoms with Gasteiger partial charge in [-0.05, 0) is 23.8 Å². The molecule has 2 aromatic rings. The minimum absolute atomic E-state index is 0.131. The molecule has 0 aliphatic carbocycles. The van der Waals surface area contributed by atoms with Gasteiger partial charge in [0.15, 0.2) is 0 Å². The summed E-state index contributed by atoms with van der Waals surface area (Å²) in [7, 11) is 0. The summed E-state index contributed by atoms with van der Waals surface area (Å²) in [5, 5.41) is 12.8. The molecule has 1 saturated heterocycles. The van der Waals surface area contributed by atoms with Crippen LogP contribution in [0, 0.1) is 5.82 Å². The molecule has 1 aliphatic heterocycles. The Hall–Kier alpha value is -2.44. The molecule has 1 fully saturated rings. The molecular weight excluding hydrogens is 323 g/mol. The van der Waals surface area contributed by atoms with Crippen LogP contribution in [-0.4, -0.2) is 42.2 Å². The normalized spacial score (nSPS) is 16.4. The van der Waals surface area contributed by atoms with Gasteiger partial charge >= 0.3 is 5.97 Å². The van der Waals surface area contributed by atoms with Crippen molar-refractivity contribution in [1.29, 1.82) is 0 Å². The zero-order valence-corrected chi connectivity index (χ0v) is 13.8. The average molecular weight is 344 g/mol. The molecular formula is C19H21FN2O3. The van der Waals surface area contributed by atoms with Gasteiger partial charge in [-0.2, -0.15) is 0 Å². The second-order valence-corrected chi connectivity index (χ2v) is 5.98. The van der Waals surface area contributed by atoms with Crippen molar-refractivity contribution in [2.45, 2.75) is 12.6 Å². The van der Waals surface area contributed by atoms with E-state index >= 15 is 0 Å². The van der Waals surface area contributed by atoms with Gasteiger partial charge in [0.1, 0.15) is 24.2 Å². The van der Waals surface area contributed by atoms with Crippen LogP contribution in [-0.2, 0) is 11.4 Å². The van der Waals surface area contributed by atoms with Crippen molar-refractivity contribution in [2.24, 2.45) is 0 Å². The van der Waals surface area contributed by atoms with Gasteiger partial charge in [-0.25, -0.2) is 4.39 Å². The largest absolute Gasteiger partial charge is 0.489 e. The number of ether oxygens (including phenoxy) is 1. The molecule has 3 rings (SSSR count). The molecule has 2 aromatic carbocycles. The number of carboxylic acid groups (broad SMARTS) is 1. The van der Waals surface area contributed by atoms with E-state index in [4.69, 9.17) is 4.74 Å². The Labute approximate surface area is 146 Å². The first-order valence-corrected chi connectivity index (χ1v) is 8.29. The topological polar surface area (TPSA) is 61.8 Å². The number of hydrogen-bond donors (Lipinski definition) is 2. The van der Waals surface area contributed by atoms with Gasteiger partial charge in [0.25, 0.3) is 0 Å². The lowest BCUT2D eigenvalue weighted by Gasteiger charge is -2.32. The average Bonchev–Trinajstić information content (AvgIpc) is 2.63. The third kappa shape index (κ3) is 4.35. The Balaban J connectivity index is 1.68. The van der Waals surface area contributed by atoms with Gasteiger partial charge in [0.2, 0.25) is 0 Å². The number of benzene rings is 2. The molecule has 0 amide bonds. The molecule has 132 valence electrons. The van der Waals surface area contributed by atoms with Crippen molar-refractivity contribution in [2.75, 3.05) is 26.2 Å². The summed E-state index contributed by atoms with van der Waals surface area (Å²) in [6.07, 6.45) is 0. The molecule has 2 N–H and O–H groups in total. The van der Waals surface area contributed by atoms with Gasteiger partial charge in [0.05, 0.1) is 0 Å². The molecule has 25 heavy (non-hydrogen) atoms. The molecule has 1 atom stereocenters. The lowest BCUT2D eigenvalue weighted by atomic mass is 10.0. The van der Waals surface area contributed by atoms with E-state index in [1.165, 1.54) is 6.07 Å². The van der Waals surface area contributed by atoms with Gasteiger partial charge in [-0.3, -0.25) is 9.69 Å². The quantitative estimate of drug-likeness (QED) is 0.843. The van der Waals surface area contributed by atoms with Gasteiger partial charge in [-0.1, -0.05) is 30.3 Å². The van der Waals surface area contributed by atoms with Crippen LogP contribution in [0.15, 0.2) is 48.5 Å². The molecule has 0 saturated carbocycles. The highest BCUT2D eigenvalue weighted by atomic mass is 19.1. The molecule has 0 spiro atoms. The number of nitrogens with one attached hydrogen (secondary N) is 1. The zero-order chi connectivity index (χ0) is 17.6. The second-order valence-electron chi connectivity index (χ2n) is 5.98. The van der Waals surface area contributed by atoms with Gasteiger partial charge in [-0.15, -0.1) is 0 Å². The number of carboxylic acids is 1. The summed E-state index contributed by atoms with van der Waals surface area (Å²) >= 11 is 0. The molecule has 1 aliphatic rings. The van der Waals surface area contributed by atoms with Crippen molar-refractivity contribution >= 4 is 5.97 Å². The SMILES string of the molecule is O=C(O)C(c1ccc(OCc2ccccc2F)cc1)N1CCNCC1. The van der Waals surface area contributed by atoms with Crippen molar-refractivity contribution in [3.8, 4) is 5.75 Å². The molecule has 5 nitrogen and oxygen atoms in total. The maximum absolute atomic E-state index is 13.6. The lowest BCUT2D eigenvalue weighted by Crippen LogP contribution is -2.47. The lowest BCUT2D eigenvalue weighted by molar-refractivity contribution is -0.143. The zero-order valence-electron chi connectivity index (χ0n) is 13.8. The Bertz CT molecular complexity index is 715. The van der Waals surface area contributed by atoms with Gasteiger partial charge < -0.3 is 15.2 Å². The molecule has 0 radical (unpaired) electrons. The molecule has 1 heterocycles. The third-order valence-electron chi connectivity index (χ3n) is 4.30. The summed E-state index contributed by atoms with van der Waals surface area (Å²) in [6.45, 7) is 3.10. The highest BCUT2D eigenvalue weighted by molar-refractivity contribution is 5.75. The van der Waals surface area contributed by atoms with Crippen molar-refractivity contribution < 1.29 is 19.0 Å². The summed E-state index contributed by atoms with van der Waals surface area (Å²) in [5.41, 5.74) is 1.20. The fourth-order valence-electron chi connectivity index (χ4n) is 2.97. The molecule has 6 heteroatoms. The van der Waals surface area contributed by atoms with E-state index in [9.17, 15) is 14.3 Å². The van der Waals surface area contributed by atoms with Crippen LogP contribution in [0.25, 0.3) is 0 Å². The highest BCUT2D eigenvalue weighted by Crippen LogP contribution is 2.24. The van der Waals surface area contributed by atoms with Crippen LogP contribution in [0.3, 0.4) is 0 Å². The Morgan fingerprint density at radius 2 is 1.84 bits per heavy atom. The Kier molecular flexibility index (Phi) is 5.63. The number of rotatable bonds is 6. The summed E-state index contributed by atoms with van der Waals surface area (Å²) in [4.78, 5) is 13.6. The number of piperazine rings is 1. The highest BCUT2D eigenvalue weighted by Gasteiger charge is 2.28. The fraction of sp³-hybridized carbons (Fsp3) is 0.316. The Morgan fingerprint density at radius 3 is 2.48 bits per heavy atom. The van der Waals surface area contributed by atoms with E-state index in [-0.39, 0.29) is 12.4 Å². The molecule has 0 aromatic heterocycles. The molecule has 0 bridgehead atoms. The van der Waals surface area contributed by atoms with Crippen LogP contribution < -0.4 is 10.1 Å². The minimum Gasteiger partial charge on any atom is -0.489 e. The predicted octanol–water partition coefficient (Wildman–Crippen LogP) is 2.44. The van der Waals surface area contributed by atoms with Crippen molar-refractivity contribution in [3.05, 3.63) is 65.5 Å². The summed E-state index contributed by atoms with van der Waals surface area (Å²) in [5.74, 6) is -0.581. The van der Waals surface area contributed by atoms with E-state index in [1.807, 2.05) is 4.90 Å². The summed E-state index contributed by atoms with van der Waals surface area (Å²) < 4.78 is 19.2. The number of halogens is 1. The Morgan fingerprint density at radius 1 is 1.16 bits per heavy atom. The van der Waals surface area contributed by atoms with Crippen LogP contribution in [0.2, 0.25) is 0 Å². The van der Waals surface area contributed by atoms with E-state index in [0.717, 1.165) is 13.1 Å². The number of hydrogen-bond acceptors (Lipinski definition) is 4. The standard InChI is InChI=1S/C19H21FN2O3/c20-17-4-2-1-3-15(17)13-25-16-7-5-14(6-8-16)18(19(23)24)22-11-9-21-10-12-22/h1-8,18,21H,9-13H2,(H,23,24). The minimum atomic E-state index is -0.859. The first-order valence-electron chi connectivity index (χ1n) is 8.29. The van der Waals surface area contributed by atoms with Crippen LogP contribution in [0.5, 0.6) is 5.75 Å². The number of aliphatic carboxylic acids is 1. The van der Waals surface area contributed by atoms with Crippen molar-refractivity contribution in [1.82, 2.24) is 10.2 Å².